The number of benzene rings is 7. The minimum absolute atomic E-state index is 0.912. The van der Waals surface area contributed by atoms with Crippen LogP contribution in [0.15, 0.2) is 164 Å². The number of anilines is 3. The molecule has 9 aromatic rings. The molecule has 0 saturated heterocycles. The summed E-state index contributed by atoms with van der Waals surface area (Å²) >= 11 is 0. The number of imidazole rings is 1. The molecule has 10 rings (SSSR count). The fourth-order valence-electron chi connectivity index (χ4n) is 7.93. The Kier molecular flexibility index (Phi) is 6.12. The van der Waals surface area contributed by atoms with E-state index >= 15 is 0 Å². The highest BCUT2D eigenvalue weighted by molar-refractivity contribution is 6.13. The van der Waals surface area contributed by atoms with Gasteiger partial charge in [-0.3, -0.25) is 0 Å². The second kappa shape index (κ2) is 10.8. The number of H-pyrrole nitrogens is 1. The molecule has 4 nitrogen and oxygen atoms in total. The van der Waals surface area contributed by atoms with E-state index in [0.717, 1.165) is 40.4 Å². The van der Waals surface area contributed by atoms with Gasteiger partial charge in [-0.15, -0.1) is 0 Å². The maximum atomic E-state index is 3.63. The number of para-hydroxylation sites is 5. The van der Waals surface area contributed by atoms with Crippen LogP contribution in [-0.2, 0) is 6.42 Å². The number of aromatic nitrogens is 3. The molecule has 0 unspecified atom stereocenters. The summed E-state index contributed by atoms with van der Waals surface area (Å²) in [5, 5.41) is 3.72. The van der Waals surface area contributed by atoms with Crippen LogP contribution in [0.1, 0.15) is 12.7 Å². The SMILES string of the molecule is CCc1[nH]c2ccccc2[n+]1-c1ccc(N2c3ccccc3-c3c(n(-c4ccc5ccccc5c4)c4ccccc34)-c3ccccc32)cc1. The summed E-state index contributed by atoms with van der Waals surface area (Å²) in [6.45, 7) is 2.20. The Morgan fingerprint density at radius 2 is 1.22 bits per heavy atom. The quantitative estimate of drug-likeness (QED) is 0.193. The summed E-state index contributed by atoms with van der Waals surface area (Å²) in [7, 11) is 0. The molecule has 49 heavy (non-hydrogen) atoms. The van der Waals surface area contributed by atoms with Gasteiger partial charge in [-0.2, -0.15) is 4.57 Å². The average Bonchev–Trinajstić information content (AvgIpc) is 3.68. The van der Waals surface area contributed by atoms with Crippen molar-refractivity contribution in [1.82, 2.24) is 9.55 Å². The van der Waals surface area contributed by atoms with Crippen molar-refractivity contribution in [2.45, 2.75) is 13.3 Å². The number of hydrogen-bond acceptors (Lipinski definition) is 1. The molecule has 0 fully saturated rings. The van der Waals surface area contributed by atoms with Crippen molar-refractivity contribution in [3.63, 3.8) is 0 Å². The number of aromatic amines is 1. The summed E-state index contributed by atoms with van der Waals surface area (Å²) in [5.74, 6) is 1.19. The van der Waals surface area contributed by atoms with Crippen molar-refractivity contribution < 1.29 is 4.57 Å². The minimum atomic E-state index is 0.912. The van der Waals surface area contributed by atoms with Gasteiger partial charge >= 0.3 is 0 Å². The van der Waals surface area contributed by atoms with Gasteiger partial charge < -0.3 is 9.47 Å². The Morgan fingerprint density at radius 1 is 0.571 bits per heavy atom. The highest BCUT2D eigenvalue weighted by atomic mass is 15.2. The molecule has 232 valence electrons. The lowest BCUT2D eigenvalue weighted by atomic mass is 9.98. The molecule has 4 heteroatoms. The lowest BCUT2D eigenvalue weighted by molar-refractivity contribution is -0.576. The maximum Gasteiger partial charge on any atom is 0.260 e. The summed E-state index contributed by atoms with van der Waals surface area (Å²) in [6, 6.07) is 59.6. The zero-order valence-corrected chi connectivity index (χ0v) is 27.1. The van der Waals surface area contributed by atoms with Crippen molar-refractivity contribution in [2.75, 3.05) is 4.90 Å². The van der Waals surface area contributed by atoms with Crippen LogP contribution in [0.4, 0.5) is 17.1 Å². The van der Waals surface area contributed by atoms with E-state index in [2.05, 4.69) is 190 Å². The summed E-state index contributed by atoms with van der Waals surface area (Å²) in [4.78, 5) is 6.06. The first-order valence-electron chi connectivity index (χ1n) is 17.0. The van der Waals surface area contributed by atoms with E-state index in [4.69, 9.17) is 0 Å². The zero-order chi connectivity index (χ0) is 32.5. The van der Waals surface area contributed by atoms with Gasteiger partial charge in [-0.1, -0.05) is 104 Å². The van der Waals surface area contributed by atoms with E-state index in [9.17, 15) is 0 Å². The Hall–Kier alpha value is -6.39. The monoisotopic (exact) mass is 629 g/mol. The van der Waals surface area contributed by atoms with E-state index in [0.29, 0.717) is 0 Å². The number of hydrogen-bond donors (Lipinski definition) is 1. The van der Waals surface area contributed by atoms with Crippen molar-refractivity contribution in [2.24, 2.45) is 0 Å². The fraction of sp³-hybridized carbons (Fsp3) is 0.0444. The lowest BCUT2D eigenvalue weighted by Crippen LogP contribution is -2.33. The van der Waals surface area contributed by atoms with Gasteiger partial charge in [0.1, 0.15) is 5.69 Å². The second-order valence-corrected chi connectivity index (χ2v) is 12.8. The van der Waals surface area contributed by atoms with Crippen molar-refractivity contribution in [3.05, 3.63) is 170 Å². The largest absolute Gasteiger partial charge is 0.309 e. The standard InChI is InChI=1S/C45H32N4/c1-2-43-46-38-18-8-12-22-42(38)48(43)33-27-25-32(26-28-33)47-39-19-9-5-15-35(39)44-36-16-6-10-20-40(36)49(45(44)37-17-7-11-21-41(37)47)34-24-23-30-13-3-4-14-31(30)29-34/h3-29H,2H2,1H3/p+1. The number of nitrogens with zero attached hydrogens (tertiary/aromatic N) is 3. The molecule has 0 bridgehead atoms. The van der Waals surface area contributed by atoms with Crippen molar-refractivity contribution in [1.29, 1.82) is 0 Å². The fourth-order valence-corrected chi connectivity index (χ4v) is 7.93. The highest BCUT2D eigenvalue weighted by Crippen LogP contribution is 2.54. The number of fused-ring (bicyclic) bond motifs is 9. The first-order chi connectivity index (χ1) is 24.3. The minimum Gasteiger partial charge on any atom is -0.309 e. The van der Waals surface area contributed by atoms with E-state index in [1.807, 2.05) is 0 Å². The third-order valence-electron chi connectivity index (χ3n) is 10.1. The lowest BCUT2D eigenvalue weighted by Gasteiger charge is -2.27. The average molecular weight is 630 g/mol. The summed E-state index contributed by atoms with van der Waals surface area (Å²) < 4.78 is 4.82. The zero-order valence-electron chi connectivity index (χ0n) is 27.1. The predicted octanol–water partition coefficient (Wildman–Crippen LogP) is 11.2. The van der Waals surface area contributed by atoms with Gasteiger partial charge in [-0.25, -0.2) is 4.98 Å². The van der Waals surface area contributed by atoms with Gasteiger partial charge in [0.15, 0.2) is 11.0 Å². The van der Waals surface area contributed by atoms with Crippen LogP contribution in [0, 0.1) is 0 Å². The van der Waals surface area contributed by atoms with Crippen molar-refractivity contribution >= 4 is 49.8 Å². The Morgan fingerprint density at radius 3 is 2.06 bits per heavy atom. The third-order valence-corrected chi connectivity index (χ3v) is 10.1. The van der Waals surface area contributed by atoms with Crippen LogP contribution in [0.5, 0.6) is 0 Å². The molecule has 1 aliphatic heterocycles. The van der Waals surface area contributed by atoms with E-state index in [-0.39, 0.29) is 0 Å². The van der Waals surface area contributed by atoms with Crippen LogP contribution in [0.2, 0.25) is 0 Å². The summed E-state index contributed by atoms with van der Waals surface area (Å²) in [6.07, 6.45) is 0.912. The van der Waals surface area contributed by atoms with E-state index in [1.165, 1.54) is 55.4 Å². The molecule has 0 atom stereocenters. The van der Waals surface area contributed by atoms with Gasteiger partial charge in [0, 0.05) is 39.9 Å². The van der Waals surface area contributed by atoms with Crippen LogP contribution in [-0.4, -0.2) is 9.55 Å². The molecule has 1 aliphatic rings. The predicted molar refractivity (Wildman–Crippen MR) is 203 cm³/mol. The number of rotatable bonds is 4. The third kappa shape index (κ3) is 4.14. The molecular formula is C45H33N4+. The van der Waals surface area contributed by atoms with Crippen LogP contribution < -0.4 is 9.47 Å². The molecule has 0 saturated carbocycles. The summed E-state index contributed by atoms with van der Waals surface area (Å²) in [5.41, 5.74) is 14.2. The molecular weight excluding hydrogens is 597 g/mol. The molecule has 1 N–H and O–H groups in total. The van der Waals surface area contributed by atoms with Gasteiger partial charge in [-0.05, 0) is 77.5 Å². The Labute approximate surface area is 284 Å². The van der Waals surface area contributed by atoms with Crippen LogP contribution >= 0.6 is 0 Å². The van der Waals surface area contributed by atoms with Gasteiger partial charge in [0.25, 0.3) is 5.82 Å². The van der Waals surface area contributed by atoms with Crippen molar-refractivity contribution in [3.8, 4) is 33.8 Å². The molecule has 0 spiro atoms. The second-order valence-electron chi connectivity index (χ2n) is 12.8. The van der Waals surface area contributed by atoms with Gasteiger partial charge in [0.05, 0.1) is 22.6 Å². The van der Waals surface area contributed by atoms with Crippen LogP contribution in [0.3, 0.4) is 0 Å². The number of aryl methyl sites for hydroxylation is 1. The maximum absolute atomic E-state index is 3.63. The first kappa shape index (κ1) is 27.7. The van der Waals surface area contributed by atoms with E-state index in [1.54, 1.807) is 0 Å². The molecule has 7 aromatic carbocycles. The molecule has 0 radical (unpaired) electrons. The van der Waals surface area contributed by atoms with E-state index < -0.39 is 0 Å². The normalized spacial score (nSPS) is 12.2. The Balaban J connectivity index is 1.22. The smallest absolute Gasteiger partial charge is 0.260 e. The molecule has 3 heterocycles. The van der Waals surface area contributed by atoms with Crippen LogP contribution in [0.25, 0.3) is 66.5 Å². The first-order valence-corrected chi connectivity index (χ1v) is 17.0. The molecule has 2 aromatic heterocycles. The molecule has 0 aliphatic carbocycles. The Bertz CT molecular complexity index is 2710. The topological polar surface area (TPSA) is 27.8 Å². The highest BCUT2D eigenvalue weighted by Gasteiger charge is 2.31. The van der Waals surface area contributed by atoms with Gasteiger partial charge in [0.2, 0.25) is 0 Å². The number of nitrogens with one attached hydrogen (secondary N) is 1. The molecule has 0 amide bonds.